The lowest BCUT2D eigenvalue weighted by Crippen LogP contribution is -1.39. The summed E-state index contributed by atoms with van der Waals surface area (Å²) in [4.78, 5) is 0. The van der Waals surface area contributed by atoms with E-state index >= 15 is 0 Å². The van der Waals surface area contributed by atoms with Crippen molar-refractivity contribution in [3.63, 3.8) is 0 Å². The zero-order valence-electron chi connectivity index (χ0n) is 1.30. The van der Waals surface area contributed by atoms with Crippen LogP contribution in [0.4, 0.5) is 0 Å². The molecule has 0 aliphatic carbocycles. The molecule has 26 valence electrons. The van der Waals surface area contributed by atoms with Gasteiger partial charge < -0.3 is 4.55 Å². The summed E-state index contributed by atoms with van der Waals surface area (Å²) in [5.41, 5.74) is 0. The van der Waals surface area contributed by atoms with Crippen LogP contribution in [0.25, 0.3) is 0 Å². The molecule has 0 spiro atoms. The highest BCUT2D eigenvalue weighted by molar-refractivity contribution is 7.59. The van der Waals surface area contributed by atoms with Crippen LogP contribution >= 0.6 is 0 Å². The van der Waals surface area contributed by atoms with E-state index in [2.05, 4.69) is 0 Å². The van der Waals surface area contributed by atoms with Crippen LogP contribution in [0.15, 0.2) is 0 Å². The second-order valence-corrected chi connectivity index (χ2v) is 0.245. The van der Waals surface area contributed by atoms with Crippen molar-refractivity contribution in [1.82, 2.24) is 0 Å². The zero-order valence-corrected chi connectivity index (χ0v) is 2.20. The van der Waals surface area contributed by atoms with Gasteiger partial charge in [0.2, 0.25) is 0 Å². The number of hydrogen-bond acceptors (Lipinski definition) is 1. The first kappa shape index (κ1) is 8.82. The van der Waals surface area contributed by atoms with Crippen LogP contribution in [0.2, 0.25) is 0 Å². The molecule has 1 N–H and O–H groups in total. The van der Waals surface area contributed by atoms with Gasteiger partial charge in [-0.25, -0.2) is 4.21 Å². The van der Waals surface area contributed by atoms with Crippen LogP contribution in [-0.4, -0.2) is 26.1 Å². The summed E-state index contributed by atoms with van der Waals surface area (Å²) in [5, 5.41) is 0. The minimum atomic E-state index is -0.833. The Morgan fingerprint density at radius 1 is 1.75 bits per heavy atom. The van der Waals surface area contributed by atoms with E-state index in [0.29, 0.717) is 0 Å². The van der Waals surface area contributed by atoms with Crippen molar-refractivity contribution in [1.29, 1.82) is 0 Å². The molecule has 0 fully saturated rings. The number of rotatable bonds is 0. The maximum absolute atomic E-state index is 8.46. The lowest BCUT2D eigenvalue weighted by Gasteiger charge is -1.32. The van der Waals surface area contributed by atoms with E-state index in [0.717, 1.165) is 0 Å². The quantitative estimate of drug-likeness (QED) is 0.212. The fourth-order valence-electron chi connectivity index (χ4n) is 0. The summed E-state index contributed by atoms with van der Waals surface area (Å²) in [6, 6.07) is 0. The molecule has 0 amide bonds. The first-order valence-electron chi connectivity index (χ1n) is 0.383. The Balaban J connectivity index is 0. The van der Waals surface area contributed by atoms with Gasteiger partial charge in [0.15, 0.2) is 17.4 Å². The summed E-state index contributed by atoms with van der Waals surface area (Å²) in [5.74, 6) is 0. The molecule has 0 aliphatic rings. The van der Waals surface area contributed by atoms with Gasteiger partial charge in [-0.1, -0.05) is 0 Å². The van der Waals surface area contributed by atoms with E-state index in [1.165, 1.54) is 0 Å². The van der Waals surface area contributed by atoms with Crippen molar-refractivity contribution in [2.75, 3.05) is 0 Å². The summed E-state index contributed by atoms with van der Waals surface area (Å²) in [7, 11) is 0. The first-order valence-corrected chi connectivity index (χ1v) is 1.15. The van der Waals surface area contributed by atoms with Crippen molar-refractivity contribution >= 4 is 29.3 Å². The van der Waals surface area contributed by atoms with Gasteiger partial charge in [0, 0.05) is 0 Å². The summed E-state index contributed by atoms with van der Waals surface area (Å²) < 4.78 is 15.4. The maximum atomic E-state index is 8.46. The van der Waals surface area contributed by atoms with Gasteiger partial charge in [-0.15, -0.1) is 0 Å². The van der Waals surface area contributed by atoms with E-state index < -0.39 is 11.9 Å². The highest BCUT2D eigenvalue weighted by Gasteiger charge is 1.17. The molecule has 0 saturated carbocycles. The average Bonchev–Trinajstić information content (AvgIpc) is 0.918. The van der Waals surface area contributed by atoms with E-state index in [1.807, 2.05) is 0 Å². The second-order valence-electron chi connectivity index (χ2n) is 0.0816. The Morgan fingerprint density at radius 3 is 1.75 bits per heavy atom. The summed E-state index contributed by atoms with van der Waals surface area (Å²) >= 11 is -0.833. The predicted molar refractivity (Wildman–Crippen MR) is 22.1 cm³/mol. The average molecular weight is 96.1 g/mol. The maximum Gasteiger partial charge on any atom is 0.187 e. The minimum Gasteiger partial charge on any atom is -0.308 e. The molecule has 0 aromatic carbocycles. The Bertz CT molecular complexity index is 13.5. The van der Waals surface area contributed by atoms with Crippen molar-refractivity contribution in [2.24, 2.45) is 0 Å². The van der Waals surface area contributed by atoms with Gasteiger partial charge in [0.25, 0.3) is 0 Å². The molecular formula is H5AlO2S. The van der Waals surface area contributed by atoms with Gasteiger partial charge >= 0.3 is 0 Å². The summed E-state index contributed by atoms with van der Waals surface area (Å²) in [6.07, 6.45) is 0. The lowest BCUT2D eigenvalue weighted by molar-refractivity contribution is 0.586. The van der Waals surface area contributed by atoms with Gasteiger partial charge in [-0.3, -0.25) is 0 Å². The second kappa shape index (κ2) is 9.43. The number of thiol groups is 1. The molecule has 0 saturated heterocycles. The zero-order chi connectivity index (χ0) is 2.71. The molecule has 0 rings (SSSR count). The SMILES string of the molecule is O=[SH]O.[AlH3]. The fourth-order valence-corrected chi connectivity index (χ4v) is 0. The molecule has 0 atom stereocenters. The predicted octanol–water partition coefficient (Wildman–Crippen LogP) is -1.78. The van der Waals surface area contributed by atoms with Crippen molar-refractivity contribution in [2.45, 2.75) is 0 Å². The van der Waals surface area contributed by atoms with Crippen molar-refractivity contribution in [3.8, 4) is 0 Å². The smallest absolute Gasteiger partial charge is 0.187 e. The van der Waals surface area contributed by atoms with Crippen LogP contribution in [0.1, 0.15) is 0 Å². The molecule has 0 aliphatic heterocycles. The summed E-state index contributed by atoms with van der Waals surface area (Å²) in [6.45, 7) is 0. The first-order chi connectivity index (χ1) is 1.41. The topological polar surface area (TPSA) is 37.3 Å². The molecule has 0 unspecified atom stereocenters. The highest BCUT2D eigenvalue weighted by atomic mass is 32.2. The van der Waals surface area contributed by atoms with E-state index in [1.54, 1.807) is 0 Å². The third-order valence-electron chi connectivity index (χ3n) is 0. The van der Waals surface area contributed by atoms with Crippen LogP contribution in [-0.2, 0) is 11.9 Å². The van der Waals surface area contributed by atoms with Gasteiger partial charge in [0.1, 0.15) is 11.9 Å². The molecule has 0 aromatic heterocycles. The third-order valence-corrected chi connectivity index (χ3v) is 0. The van der Waals surface area contributed by atoms with E-state index in [4.69, 9.17) is 8.76 Å². The molecule has 0 heterocycles. The molecule has 4 heteroatoms. The Labute approximate surface area is 38.7 Å². The number of hydrogen-bond donors (Lipinski definition) is 2. The van der Waals surface area contributed by atoms with E-state index in [-0.39, 0.29) is 17.4 Å². The Morgan fingerprint density at radius 2 is 1.75 bits per heavy atom. The van der Waals surface area contributed by atoms with Crippen LogP contribution in [0.5, 0.6) is 0 Å². The molecule has 0 aromatic rings. The Kier molecular flexibility index (Phi) is 20.8. The fraction of sp³-hybridized carbons (Fsp3) is 0. The lowest BCUT2D eigenvalue weighted by atomic mass is 15.9. The molecule has 4 heavy (non-hydrogen) atoms. The molecular weight excluding hydrogens is 91.0 g/mol. The van der Waals surface area contributed by atoms with Crippen LogP contribution < -0.4 is 0 Å². The molecule has 0 radical (unpaired) electrons. The normalized spacial score (nSPS) is 4.25. The molecule has 2 nitrogen and oxygen atoms in total. The molecule has 0 bridgehead atoms. The van der Waals surface area contributed by atoms with Crippen molar-refractivity contribution in [3.05, 3.63) is 0 Å². The van der Waals surface area contributed by atoms with Crippen LogP contribution in [0, 0.1) is 0 Å². The Hall–Kier alpha value is 0.642. The van der Waals surface area contributed by atoms with Crippen LogP contribution in [0.3, 0.4) is 0 Å². The highest BCUT2D eigenvalue weighted by Crippen LogP contribution is 1.08. The van der Waals surface area contributed by atoms with Gasteiger partial charge in [-0.05, 0) is 0 Å². The van der Waals surface area contributed by atoms with Gasteiger partial charge in [-0.2, -0.15) is 0 Å². The van der Waals surface area contributed by atoms with Gasteiger partial charge in [0.05, 0.1) is 0 Å². The van der Waals surface area contributed by atoms with E-state index in [9.17, 15) is 0 Å². The monoisotopic (exact) mass is 96.0 g/mol. The third kappa shape index (κ3) is 17.3. The minimum absolute atomic E-state index is 0. The van der Waals surface area contributed by atoms with Crippen molar-refractivity contribution < 1.29 is 8.76 Å². The largest absolute Gasteiger partial charge is 0.308 e. The standard InChI is InChI=1S/Al.H2O2S.3H/c;1-3-2;;;/h;3H,(H,1,2);;;.